The number of phenols is 12. The zero-order valence-corrected chi connectivity index (χ0v) is 27.7. The SMILES string of the molecule is O=C(OC[C@H]1O[C@@H](O)[C@H](OC(=O)c2cc(O)c(O)c(O)c2)[C@@H](OC(=O)c2cc(O)c(O)c(O)c2)[C@@H]1OC(=O)c1cc(O)c(O)c(O)c1)c1cc(O)c(O)c(O)c1. The molecule has 0 bridgehead atoms. The molecule has 13 N–H and O–H groups in total. The maximum atomic E-state index is 13.5. The second-order valence-electron chi connectivity index (χ2n) is 11.7. The number of esters is 4. The Balaban J connectivity index is 1.57. The summed E-state index contributed by atoms with van der Waals surface area (Å²) in [5.41, 5.74) is -2.68. The summed E-state index contributed by atoms with van der Waals surface area (Å²) < 4.78 is 26.8. The van der Waals surface area contributed by atoms with Crippen molar-refractivity contribution < 1.29 is 109 Å². The highest BCUT2D eigenvalue weighted by Crippen LogP contribution is 2.40. The minimum absolute atomic E-state index is 0.570. The smallest absolute Gasteiger partial charge is 0.339 e. The number of benzene rings is 4. The number of hydrogen-bond donors (Lipinski definition) is 13. The van der Waals surface area contributed by atoms with Crippen LogP contribution in [0.5, 0.6) is 69.0 Å². The van der Waals surface area contributed by atoms with Gasteiger partial charge in [-0.15, -0.1) is 0 Å². The molecule has 0 unspecified atom stereocenters. The molecule has 5 atom stereocenters. The lowest BCUT2D eigenvalue weighted by Gasteiger charge is -2.42. The van der Waals surface area contributed by atoms with Crippen LogP contribution in [0.1, 0.15) is 41.4 Å². The number of ether oxygens (including phenoxy) is 5. The van der Waals surface area contributed by atoms with E-state index in [1.54, 1.807) is 0 Å². The fourth-order valence-electron chi connectivity index (χ4n) is 5.14. The van der Waals surface area contributed by atoms with Gasteiger partial charge in [0.2, 0.25) is 0 Å². The molecule has 0 aliphatic carbocycles. The van der Waals surface area contributed by atoms with Crippen molar-refractivity contribution in [1.29, 1.82) is 0 Å². The summed E-state index contributed by atoms with van der Waals surface area (Å²) in [5, 5.41) is 129. The van der Waals surface area contributed by atoms with Gasteiger partial charge in [-0.2, -0.15) is 0 Å². The van der Waals surface area contributed by atoms with Crippen LogP contribution in [0, 0.1) is 0 Å². The van der Waals surface area contributed by atoms with E-state index in [0.29, 0.717) is 48.5 Å². The Morgan fingerprint density at radius 1 is 0.429 bits per heavy atom. The molecule has 1 fully saturated rings. The number of carbonyl (C=O) groups is 4. The summed E-state index contributed by atoms with van der Waals surface area (Å²) in [5.74, 6) is -18.2. The Morgan fingerprint density at radius 3 is 1.02 bits per heavy atom. The summed E-state index contributed by atoms with van der Waals surface area (Å²) in [6, 6.07) is 4.99. The van der Waals surface area contributed by atoms with Crippen LogP contribution in [0.2, 0.25) is 0 Å². The number of aliphatic hydroxyl groups excluding tert-OH is 1. The highest BCUT2D eigenvalue weighted by molar-refractivity contribution is 5.93. The number of hydrogen-bond acceptors (Lipinski definition) is 22. The zero-order chi connectivity index (χ0) is 41.3. The first-order valence-corrected chi connectivity index (χ1v) is 15.4. The van der Waals surface area contributed by atoms with Gasteiger partial charge in [-0.1, -0.05) is 0 Å². The molecule has 1 aliphatic rings. The van der Waals surface area contributed by atoms with Crippen molar-refractivity contribution in [3.8, 4) is 69.0 Å². The first-order chi connectivity index (χ1) is 26.3. The second-order valence-corrected chi connectivity index (χ2v) is 11.7. The van der Waals surface area contributed by atoms with E-state index in [9.17, 15) is 85.6 Å². The van der Waals surface area contributed by atoms with Gasteiger partial charge >= 0.3 is 23.9 Å². The maximum absolute atomic E-state index is 13.5. The number of aliphatic hydroxyl groups is 1. The zero-order valence-electron chi connectivity index (χ0n) is 27.7. The first-order valence-electron chi connectivity index (χ1n) is 15.4. The second kappa shape index (κ2) is 15.3. The van der Waals surface area contributed by atoms with Gasteiger partial charge in [-0.3, -0.25) is 0 Å². The molecule has 5 rings (SSSR count). The molecular weight excluding hydrogens is 760 g/mol. The predicted octanol–water partition coefficient (Wildman–Crippen LogP) is 0.705. The van der Waals surface area contributed by atoms with Crippen LogP contribution in [0.4, 0.5) is 0 Å². The standard InChI is InChI=1S/C34H28O22/c35-14-1-10(2-15(36)23(14)43)30(47)52-9-22-27(54-31(48)11-3-16(37)24(44)17(38)4-11)28(55-32(49)12-5-18(39)25(45)19(40)6-12)29(34(51)53-22)56-33(50)13-7-20(41)26(46)21(42)8-13/h1-8,22,27-29,34-46,51H,9H2/t22-,27-,28+,29-,34-/m1/s1. The van der Waals surface area contributed by atoms with Crippen LogP contribution in [0.25, 0.3) is 0 Å². The third-order valence-corrected chi connectivity index (χ3v) is 7.94. The summed E-state index contributed by atoms with van der Waals surface area (Å²) in [6.07, 6.45) is -11.2. The first kappa shape index (κ1) is 39.5. The van der Waals surface area contributed by atoms with E-state index in [0.717, 1.165) is 0 Å². The van der Waals surface area contributed by atoms with Crippen molar-refractivity contribution in [2.24, 2.45) is 0 Å². The molecule has 0 amide bonds. The topological polar surface area (TPSA) is 377 Å². The van der Waals surface area contributed by atoms with Crippen molar-refractivity contribution in [3.05, 3.63) is 70.8 Å². The van der Waals surface area contributed by atoms with E-state index < -0.39 is 152 Å². The Morgan fingerprint density at radius 2 is 0.696 bits per heavy atom. The number of carbonyl (C=O) groups excluding carboxylic acids is 4. The molecule has 22 nitrogen and oxygen atoms in total. The third kappa shape index (κ3) is 7.95. The highest BCUT2D eigenvalue weighted by Gasteiger charge is 2.53. The van der Waals surface area contributed by atoms with E-state index in [-0.39, 0.29) is 0 Å². The predicted molar refractivity (Wildman–Crippen MR) is 175 cm³/mol. The van der Waals surface area contributed by atoms with Crippen molar-refractivity contribution in [2.45, 2.75) is 30.7 Å². The average Bonchev–Trinajstić information content (AvgIpc) is 3.14. The molecule has 296 valence electrons. The molecule has 0 saturated carbocycles. The van der Waals surface area contributed by atoms with Crippen molar-refractivity contribution in [2.75, 3.05) is 6.61 Å². The van der Waals surface area contributed by atoms with E-state index in [1.807, 2.05) is 0 Å². The quantitative estimate of drug-likeness (QED) is 0.0630. The minimum atomic E-state index is -2.43. The molecule has 0 radical (unpaired) electrons. The fourth-order valence-corrected chi connectivity index (χ4v) is 5.14. The number of aromatic hydroxyl groups is 12. The summed E-state index contributed by atoms with van der Waals surface area (Å²) in [7, 11) is 0. The Hall–Kier alpha value is -7.72. The summed E-state index contributed by atoms with van der Waals surface area (Å²) >= 11 is 0. The normalized spacial score (nSPS) is 19.1. The molecule has 1 heterocycles. The van der Waals surface area contributed by atoms with Gasteiger partial charge in [0.1, 0.15) is 12.7 Å². The highest BCUT2D eigenvalue weighted by atomic mass is 16.7. The summed E-state index contributed by atoms with van der Waals surface area (Å²) in [4.78, 5) is 53.1. The molecule has 22 heteroatoms. The molecule has 0 spiro atoms. The molecular formula is C34H28O22. The van der Waals surface area contributed by atoms with Crippen LogP contribution in [0.3, 0.4) is 0 Å². The van der Waals surface area contributed by atoms with Crippen molar-refractivity contribution >= 4 is 23.9 Å². The van der Waals surface area contributed by atoms with E-state index in [4.69, 9.17) is 23.7 Å². The van der Waals surface area contributed by atoms with Crippen LogP contribution < -0.4 is 0 Å². The molecule has 1 aliphatic heterocycles. The largest absolute Gasteiger partial charge is 0.504 e. The van der Waals surface area contributed by atoms with E-state index >= 15 is 0 Å². The van der Waals surface area contributed by atoms with Gasteiger partial charge in [-0.05, 0) is 48.5 Å². The minimum Gasteiger partial charge on any atom is -0.504 e. The van der Waals surface area contributed by atoms with Gasteiger partial charge in [0.25, 0.3) is 0 Å². The van der Waals surface area contributed by atoms with Gasteiger partial charge < -0.3 is 90.1 Å². The maximum Gasteiger partial charge on any atom is 0.339 e. The van der Waals surface area contributed by atoms with Crippen LogP contribution in [-0.4, -0.2) is 128 Å². The fraction of sp³-hybridized carbons (Fsp3) is 0.176. The van der Waals surface area contributed by atoms with Gasteiger partial charge in [0, 0.05) is 0 Å². The van der Waals surface area contributed by atoms with Crippen LogP contribution >= 0.6 is 0 Å². The van der Waals surface area contributed by atoms with E-state index in [2.05, 4.69) is 0 Å². The van der Waals surface area contributed by atoms with Gasteiger partial charge in [0.15, 0.2) is 93.6 Å². The van der Waals surface area contributed by atoms with Crippen LogP contribution in [0.15, 0.2) is 48.5 Å². The average molecular weight is 789 g/mol. The Labute approximate surface area is 310 Å². The number of rotatable bonds is 9. The van der Waals surface area contributed by atoms with Crippen LogP contribution in [-0.2, 0) is 23.7 Å². The van der Waals surface area contributed by atoms with Crippen molar-refractivity contribution in [3.63, 3.8) is 0 Å². The van der Waals surface area contributed by atoms with Gasteiger partial charge in [0.05, 0.1) is 22.3 Å². The molecule has 4 aromatic rings. The molecule has 4 aromatic carbocycles. The van der Waals surface area contributed by atoms with Gasteiger partial charge in [-0.25, -0.2) is 19.2 Å². The lowest BCUT2D eigenvalue weighted by Crippen LogP contribution is -2.62. The van der Waals surface area contributed by atoms with Crippen molar-refractivity contribution in [1.82, 2.24) is 0 Å². The Kier molecular flexibility index (Phi) is 10.8. The number of phenolic OH excluding ortho intramolecular Hbond substituents is 12. The lowest BCUT2D eigenvalue weighted by atomic mass is 9.97. The lowest BCUT2D eigenvalue weighted by molar-refractivity contribution is -0.284. The Bertz CT molecular complexity index is 2140. The third-order valence-electron chi connectivity index (χ3n) is 7.94. The summed E-state index contributed by atoms with van der Waals surface area (Å²) in [6.45, 7) is -1.09. The molecule has 1 saturated heterocycles. The monoisotopic (exact) mass is 788 g/mol. The molecule has 0 aromatic heterocycles. The molecule has 56 heavy (non-hydrogen) atoms. The van der Waals surface area contributed by atoms with E-state index in [1.165, 1.54) is 0 Å².